The van der Waals surface area contributed by atoms with E-state index in [-0.39, 0.29) is 11.8 Å². The van der Waals surface area contributed by atoms with Crippen LogP contribution in [0, 0.1) is 6.92 Å². The summed E-state index contributed by atoms with van der Waals surface area (Å²) in [6.07, 6.45) is 2.01. The summed E-state index contributed by atoms with van der Waals surface area (Å²) in [5.74, 6) is -0.597. The molecule has 0 fully saturated rings. The first-order chi connectivity index (χ1) is 7.60. The van der Waals surface area contributed by atoms with Crippen LogP contribution in [0.25, 0.3) is 0 Å². The number of carboxylic acid groups (broad SMARTS) is 1. The number of aryl methyl sites for hydroxylation is 1. The third-order valence-electron chi connectivity index (χ3n) is 2.22. The molecule has 16 heavy (non-hydrogen) atoms. The van der Waals surface area contributed by atoms with Crippen molar-refractivity contribution in [3.05, 3.63) is 23.3 Å². The summed E-state index contributed by atoms with van der Waals surface area (Å²) in [6, 6.07) is 0. The number of hydrogen-bond acceptors (Lipinski definition) is 4. The van der Waals surface area contributed by atoms with Gasteiger partial charge in [-0.2, -0.15) is 0 Å². The number of carbonyl (C=O) groups is 1. The van der Waals surface area contributed by atoms with Gasteiger partial charge < -0.3 is 9.84 Å². The molecule has 0 bridgehead atoms. The molecule has 0 aliphatic carbocycles. The maximum absolute atomic E-state index is 10.9. The van der Waals surface area contributed by atoms with Gasteiger partial charge in [-0.25, -0.2) is 14.8 Å². The van der Waals surface area contributed by atoms with E-state index < -0.39 is 5.97 Å². The number of aromatic carboxylic acids is 1. The summed E-state index contributed by atoms with van der Waals surface area (Å²) in [7, 11) is 0. The van der Waals surface area contributed by atoms with Crippen LogP contribution in [0.5, 0.6) is 0 Å². The highest BCUT2D eigenvalue weighted by atomic mass is 16.5. The standard InChI is InChI=1S/C11H16N2O3/c1-4-8(16-5-2)10-12-6-7(3)9(13-10)11(14)15/h6,8H,4-5H2,1-3H3,(H,14,15). The van der Waals surface area contributed by atoms with Crippen LogP contribution in [0.1, 0.15) is 48.2 Å². The molecule has 1 atom stereocenters. The molecule has 5 heteroatoms. The average molecular weight is 224 g/mol. The van der Waals surface area contributed by atoms with Crippen LogP contribution in [0.15, 0.2) is 6.20 Å². The third-order valence-corrected chi connectivity index (χ3v) is 2.22. The molecule has 0 saturated heterocycles. The lowest BCUT2D eigenvalue weighted by Gasteiger charge is -2.14. The first kappa shape index (κ1) is 12.6. The Morgan fingerprint density at radius 1 is 1.56 bits per heavy atom. The van der Waals surface area contributed by atoms with E-state index in [9.17, 15) is 4.79 Å². The number of aromatic nitrogens is 2. The minimum absolute atomic E-state index is 0.0446. The minimum atomic E-state index is -1.03. The van der Waals surface area contributed by atoms with Gasteiger partial charge in [0.2, 0.25) is 0 Å². The van der Waals surface area contributed by atoms with Gasteiger partial charge in [0.25, 0.3) is 0 Å². The van der Waals surface area contributed by atoms with E-state index in [0.717, 1.165) is 6.42 Å². The Kier molecular flexibility index (Phi) is 4.37. The minimum Gasteiger partial charge on any atom is -0.477 e. The Morgan fingerprint density at radius 2 is 2.25 bits per heavy atom. The van der Waals surface area contributed by atoms with Crippen molar-refractivity contribution in [1.29, 1.82) is 0 Å². The second-order valence-electron chi connectivity index (χ2n) is 3.42. The lowest BCUT2D eigenvalue weighted by Crippen LogP contribution is -2.13. The van der Waals surface area contributed by atoms with E-state index in [1.54, 1.807) is 6.92 Å². The second-order valence-corrected chi connectivity index (χ2v) is 3.42. The Balaban J connectivity index is 3.05. The molecule has 1 rings (SSSR count). The van der Waals surface area contributed by atoms with Crippen molar-refractivity contribution in [3.8, 4) is 0 Å². The molecule has 0 aliphatic rings. The largest absolute Gasteiger partial charge is 0.477 e. The molecule has 1 heterocycles. The van der Waals surface area contributed by atoms with E-state index in [1.165, 1.54) is 6.20 Å². The highest BCUT2D eigenvalue weighted by Gasteiger charge is 2.16. The monoisotopic (exact) mass is 224 g/mol. The van der Waals surface area contributed by atoms with Gasteiger partial charge in [0.1, 0.15) is 6.10 Å². The van der Waals surface area contributed by atoms with Crippen LogP contribution in [0.3, 0.4) is 0 Å². The molecule has 1 aromatic rings. The molecular formula is C11H16N2O3. The van der Waals surface area contributed by atoms with E-state index in [1.807, 2.05) is 13.8 Å². The van der Waals surface area contributed by atoms with Gasteiger partial charge >= 0.3 is 5.97 Å². The summed E-state index contributed by atoms with van der Waals surface area (Å²) in [5.41, 5.74) is 0.603. The molecule has 5 nitrogen and oxygen atoms in total. The maximum Gasteiger partial charge on any atom is 0.354 e. The van der Waals surface area contributed by atoms with Crippen molar-refractivity contribution < 1.29 is 14.6 Å². The van der Waals surface area contributed by atoms with Gasteiger partial charge in [-0.15, -0.1) is 0 Å². The molecule has 0 aromatic carbocycles. The fraction of sp³-hybridized carbons (Fsp3) is 0.545. The van der Waals surface area contributed by atoms with Gasteiger partial charge in [0.15, 0.2) is 11.5 Å². The van der Waals surface area contributed by atoms with E-state index in [0.29, 0.717) is 18.0 Å². The Morgan fingerprint density at radius 3 is 2.75 bits per heavy atom. The van der Waals surface area contributed by atoms with Gasteiger partial charge in [-0.1, -0.05) is 6.92 Å². The highest BCUT2D eigenvalue weighted by molar-refractivity contribution is 5.86. The third kappa shape index (κ3) is 2.76. The van der Waals surface area contributed by atoms with Crippen LogP contribution >= 0.6 is 0 Å². The SMILES string of the molecule is CCOC(CC)c1ncc(C)c(C(=O)O)n1. The molecule has 1 N–H and O–H groups in total. The van der Waals surface area contributed by atoms with Crippen LogP contribution in [0.4, 0.5) is 0 Å². The van der Waals surface area contributed by atoms with Crippen molar-refractivity contribution in [1.82, 2.24) is 9.97 Å². The smallest absolute Gasteiger partial charge is 0.354 e. The molecule has 0 amide bonds. The number of rotatable bonds is 5. The normalized spacial score (nSPS) is 12.4. The van der Waals surface area contributed by atoms with E-state index in [4.69, 9.17) is 9.84 Å². The van der Waals surface area contributed by atoms with Crippen LogP contribution < -0.4 is 0 Å². The topological polar surface area (TPSA) is 72.3 Å². The zero-order valence-electron chi connectivity index (χ0n) is 9.73. The summed E-state index contributed by atoms with van der Waals surface area (Å²) < 4.78 is 5.43. The molecule has 1 aromatic heterocycles. The van der Waals surface area contributed by atoms with Crippen LogP contribution in [-0.2, 0) is 4.74 Å². The molecule has 0 spiro atoms. The van der Waals surface area contributed by atoms with Crippen molar-refractivity contribution in [2.75, 3.05) is 6.61 Å². The highest BCUT2D eigenvalue weighted by Crippen LogP contribution is 2.18. The Bertz CT molecular complexity index is 379. The average Bonchev–Trinajstić information content (AvgIpc) is 2.26. The lowest BCUT2D eigenvalue weighted by molar-refractivity contribution is 0.0526. The summed E-state index contributed by atoms with van der Waals surface area (Å²) in [6.45, 7) is 6.06. The fourth-order valence-electron chi connectivity index (χ4n) is 1.40. The zero-order chi connectivity index (χ0) is 12.1. The Labute approximate surface area is 94.5 Å². The van der Waals surface area contributed by atoms with E-state index in [2.05, 4.69) is 9.97 Å². The van der Waals surface area contributed by atoms with Crippen molar-refractivity contribution in [3.63, 3.8) is 0 Å². The molecule has 1 unspecified atom stereocenters. The predicted octanol–water partition coefficient (Wildman–Crippen LogP) is 1.97. The van der Waals surface area contributed by atoms with Crippen molar-refractivity contribution in [2.45, 2.75) is 33.3 Å². The number of ether oxygens (including phenoxy) is 1. The first-order valence-corrected chi connectivity index (χ1v) is 5.28. The van der Waals surface area contributed by atoms with E-state index >= 15 is 0 Å². The summed E-state index contributed by atoms with van der Waals surface area (Å²) in [5, 5.41) is 8.94. The van der Waals surface area contributed by atoms with Crippen molar-refractivity contribution >= 4 is 5.97 Å². The second kappa shape index (κ2) is 5.55. The predicted molar refractivity (Wildman–Crippen MR) is 58.4 cm³/mol. The Hall–Kier alpha value is -1.49. The van der Waals surface area contributed by atoms with Gasteiger partial charge in [-0.05, 0) is 20.3 Å². The summed E-state index contributed by atoms with van der Waals surface area (Å²) >= 11 is 0. The van der Waals surface area contributed by atoms with Gasteiger partial charge in [0, 0.05) is 18.4 Å². The summed E-state index contributed by atoms with van der Waals surface area (Å²) in [4.78, 5) is 19.0. The lowest BCUT2D eigenvalue weighted by atomic mass is 10.2. The molecular weight excluding hydrogens is 208 g/mol. The van der Waals surface area contributed by atoms with Crippen LogP contribution in [0.2, 0.25) is 0 Å². The van der Waals surface area contributed by atoms with Gasteiger partial charge in [-0.3, -0.25) is 0 Å². The van der Waals surface area contributed by atoms with Crippen molar-refractivity contribution in [2.24, 2.45) is 0 Å². The number of nitrogens with zero attached hydrogens (tertiary/aromatic N) is 2. The molecule has 0 aliphatic heterocycles. The number of carboxylic acids is 1. The number of hydrogen-bond donors (Lipinski definition) is 1. The first-order valence-electron chi connectivity index (χ1n) is 5.28. The molecule has 0 radical (unpaired) electrons. The molecule has 0 saturated carbocycles. The quantitative estimate of drug-likeness (QED) is 0.827. The van der Waals surface area contributed by atoms with Gasteiger partial charge in [0.05, 0.1) is 0 Å². The zero-order valence-corrected chi connectivity index (χ0v) is 9.73. The molecule has 88 valence electrons. The van der Waals surface area contributed by atoms with Crippen LogP contribution in [-0.4, -0.2) is 27.7 Å². The fourth-order valence-corrected chi connectivity index (χ4v) is 1.40. The maximum atomic E-state index is 10.9.